The van der Waals surface area contributed by atoms with E-state index in [2.05, 4.69) is 16.0 Å². The molecule has 8 heteroatoms. The first kappa shape index (κ1) is 21.4. The Morgan fingerprint density at radius 1 is 1.13 bits per heavy atom. The van der Waals surface area contributed by atoms with Gasteiger partial charge in [-0.2, -0.15) is 5.26 Å². The Morgan fingerprint density at radius 2 is 1.80 bits per heavy atom. The van der Waals surface area contributed by atoms with E-state index in [4.69, 9.17) is 14.2 Å². The fourth-order valence-electron chi connectivity index (χ4n) is 3.66. The Morgan fingerprint density at radius 3 is 2.30 bits per heavy atom. The molecule has 2 aromatic rings. The molecule has 1 aliphatic rings. The van der Waals surface area contributed by atoms with Crippen molar-refractivity contribution in [1.29, 1.82) is 5.26 Å². The lowest BCUT2D eigenvalue weighted by molar-refractivity contribution is -0.132. The molecule has 1 atom stereocenters. The minimum absolute atomic E-state index is 0.0267. The fourth-order valence-corrected chi connectivity index (χ4v) is 3.66. The number of ether oxygens (including phenoxy) is 3. The van der Waals surface area contributed by atoms with Crippen LogP contribution in [-0.4, -0.2) is 68.2 Å². The van der Waals surface area contributed by atoms with Crippen LogP contribution in [0.25, 0.3) is 0 Å². The monoisotopic (exact) mass is 410 g/mol. The molecule has 30 heavy (non-hydrogen) atoms. The Labute approximate surface area is 176 Å². The number of piperazine rings is 1. The van der Waals surface area contributed by atoms with E-state index in [1.54, 1.807) is 45.9 Å². The lowest BCUT2D eigenvalue weighted by Crippen LogP contribution is -2.49. The SMILES string of the molecule is COc1cc(CC(=O)N2CCN(C(C#N)c3cccnc3)CC2)cc(OC)c1OC. The number of hydrogen-bond donors (Lipinski definition) is 0. The summed E-state index contributed by atoms with van der Waals surface area (Å²) < 4.78 is 16.1. The van der Waals surface area contributed by atoms with Crippen LogP contribution in [0.2, 0.25) is 0 Å². The van der Waals surface area contributed by atoms with Crippen molar-refractivity contribution < 1.29 is 19.0 Å². The number of hydrogen-bond acceptors (Lipinski definition) is 7. The third-order valence-corrected chi connectivity index (χ3v) is 5.23. The van der Waals surface area contributed by atoms with Gasteiger partial charge < -0.3 is 19.1 Å². The molecule has 1 fully saturated rings. The molecule has 1 aromatic carbocycles. The third kappa shape index (κ3) is 4.63. The average molecular weight is 410 g/mol. The number of rotatable bonds is 7. The zero-order valence-corrected chi connectivity index (χ0v) is 17.5. The van der Waals surface area contributed by atoms with Crippen LogP contribution in [0.3, 0.4) is 0 Å². The predicted molar refractivity (Wildman–Crippen MR) is 111 cm³/mol. The summed E-state index contributed by atoms with van der Waals surface area (Å²) in [5.41, 5.74) is 1.67. The van der Waals surface area contributed by atoms with E-state index in [1.165, 1.54) is 0 Å². The number of carbonyl (C=O) groups excluding carboxylic acids is 1. The summed E-state index contributed by atoms with van der Waals surface area (Å²) in [6, 6.07) is 9.32. The lowest BCUT2D eigenvalue weighted by atomic mass is 10.1. The first-order valence-electron chi connectivity index (χ1n) is 9.71. The molecule has 0 aliphatic carbocycles. The van der Waals surface area contributed by atoms with E-state index in [-0.39, 0.29) is 18.4 Å². The van der Waals surface area contributed by atoms with Crippen LogP contribution in [-0.2, 0) is 11.2 Å². The smallest absolute Gasteiger partial charge is 0.227 e. The number of methoxy groups -OCH3 is 3. The van der Waals surface area contributed by atoms with Crippen molar-refractivity contribution >= 4 is 5.91 Å². The van der Waals surface area contributed by atoms with E-state index in [1.807, 2.05) is 17.0 Å². The van der Waals surface area contributed by atoms with Gasteiger partial charge >= 0.3 is 0 Å². The summed E-state index contributed by atoms with van der Waals surface area (Å²) in [5, 5.41) is 9.61. The maximum absolute atomic E-state index is 12.9. The van der Waals surface area contributed by atoms with Gasteiger partial charge in [0, 0.05) is 44.1 Å². The van der Waals surface area contributed by atoms with Crippen molar-refractivity contribution in [2.45, 2.75) is 12.5 Å². The number of nitriles is 1. The van der Waals surface area contributed by atoms with Gasteiger partial charge in [-0.3, -0.25) is 14.7 Å². The molecule has 0 bridgehead atoms. The molecule has 0 radical (unpaired) electrons. The number of carbonyl (C=O) groups is 1. The Bertz CT molecular complexity index is 880. The highest BCUT2D eigenvalue weighted by molar-refractivity contribution is 5.79. The molecule has 1 amide bonds. The fraction of sp³-hybridized carbons (Fsp3) is 0.409. The third-order valence-electron chi connectivity index (χ3n) is 5.23. The average Bonchev–Trinajstić information content (AvgIpc) is 2.80. The van der Waals surface area contributed by atoms with Gasteiger partial charge in [0.05, 0.1) is 33.8 Å². The molecule has 1 aliphatic heterocycles. The summed E-state index contributed by atoms with van der Waals surface area (Å²) in [7, 11) is 4.65. The first-order valence-corrected chi connectivity index (χ1v) is 9.71. The number of amides is 1. The van der Waals surface area contributed by atoms with Crippen molar-refractivity contribution in [3.05, 3.63) is 47.8 Å². The van der Waals surface area contributed by atoms with Crippen LogP contribution >= 0.6 is 0 Å². The minimum atomic E-state index is -0.355. The van der Waals surface area contributed by atoms with E-state index < -0.39 is 0 Å². The van der Waals surface area contributed by atoms with E-state index >= 15 is 0 Å². The summed E-state index contributed by atoms with van der Waals surface area (Å²) in [4.78, 5) is 20.9. The quantitative estimate of drug-likeness (QED) is 0.690. The van der Waals surface area contributed by atoms with Gasteiger partial charge in [-0.25, -0.2) is 0 Å². The van der Waals surface area contributed by atoms with Crippen LogP contribution < -0.4 is 14.2 Å². The highest BCUT2D eigenvalue weighted by atomic mass is 16.5. The van der Waals surface area contributed by atoms with E-state index in [0.29, 0.717) is 43.4 Å². The summed E-state index contributed by atoms with van der Waals surface area (Å²) in [6.07, 6.45) is 3.65. The van der Waals surface area contributed by atoms with Crippen molar-refractivity contribution in [2.24, 2.45) is 0 Å². The Hall–Kier alpha value is -3.31. The molecule has 1 aromatic heterocycles. The van der Waals surface area contributed by atoms with Crippen molar-refractivity contribution in [3.63, 3.8) is 0 Å². The van der Waals surface area contributed by atoms with Gasteiger partial charge in [0.25, 0.3) is 0 Å². The topological polar surface area (TPSA) is 87.9 Å². The molecule has 1 saturated heterocycles. The van der Waals surface area contributed by atoms with Crippen LogP contribution in [0.5, 0.6) is 17.2 Å². The second kappa shape index (κ2) is 9.94. The highest BCUT2D eigenvalue weighted by Gasteiger charge is 2.27. The molecule has 1 unspecified atom stereocenters. The van der Waals surface area contributed by atoms with Crippen LogP contribution in [0.15, 0.2) is 36.7 Å². The normalized spacial score (nSPS) is 15.2. The van der Waals surface area contributed by atoms with Crippen LogP contribution in [0, 0.1) is 11.3 Å². The Balaban J connectivity index is 1.64. The number of benzene rings is 1. The second-order valence-electron chi connectivity index (χ2n) is 6.95. The zero-order chi connectivity index (χ0) is 21.5. The molecule has 0 spiro atoms. The summed E-state index contributed by atoms with van der Waals surface area (Å²) >= 11 is 0. The molecule has 158 valence electrons. The molecule has 0 saturated carbocycles. The molecule has 3 rings (SSSR count). The van der Waals surface area contributed by atoms with Gasteiger partial charge in [-0.05, 0) is 23.8 Å². The first-order chi connectivity index (χ1) is 14.6. The van der Waals surface area contributed by atoms with Crippen molar-refractivity contribution in [1.82, 2.24) is 14.8 Å². The summed E-state index contributed by atoms with van der Waals surface area (Å²) in [5.74, 6) is 1.58. The lowest BCUT2D eigenvalue weighted by Gasteiger charge is -2.37. The van der Waals surface area contributed by atoms with Crippen molar-refractivity contribution in [3.8, 4) is 23.3 Å². The number of nitrogens with zero attached hydrogens (tertiary/aromatic N) is 4. The number of pyridine rings is 1. The van der Waals surface area contributed by atoms with Crippen LogP contribution in [0.1, 0.15) is 17.2 Å². The van der Waals surface area contributed by atoms with E-state index in [9.17, 15) is 10.1 Å². The molecule has 2 heterocycles. The van der Waals surface area contributed by atoms with Gasteiger partial charge in [0.15, 0.2) is 11.5 Å². The minimum Gasteiger partial charge on any atom is -0.493 e. The van der Waals surface area contributed by atoms with Gasteiger partial charge in [-0.15, -0.1) is 0 Å². The number of aromatic nitrogens is 1. The molecular formula is C22H26N4O4. The van der Waals surface area contributed by atoms with Gasteiger partial charge in [0.1, 0.15) is 6.04 Å². The van der Waals surface area contributed by atoms with Crippen LogP contribution in [0.4, 0.5) is 0 Å². The molecule has 8 nitrogen and oxygen atoms in total. The maximum atomic E-state index is 12.9. The van der Waals surface area contributed by atoms with E-state index in [0.717, 1.165) is 11.1 Å². The molecular weight excluding hydrogens is 384 g/mol. The van der Waals surface area contributed by atoms with Crippen molar-refractivity contribution in [2.75, 3.05) is 47.5 Å². The standard InChI is InChI=1S/C22H26N4O4/c1-28-19-11-16(12-20(29-2)22(19)30-3)13-21(27)26-9-7-25(8-10-26)18(14-23)17-5-4-6-24-15-17/h4-6,11-12,15,18H,7-10,13H2,1-3H3. The zero-order valence-electron chi connectivity index (χ0n) is 17.5. The highest BCUT2D eigenvalue weighted by Crippen LogP contribution is 2.38. The van der Waals surface area contributed by atoms with Gasteiger partial charge in [0.2, 0.25) is 11.7 Å². The predicted octanol–water partition coefficient (Wildman–Crippen LogP) is 2.06. The van der Waals surface area contributed by atoms with Gasteiger partial charge in [-0.1, -0.05) is 6.07 Å². The largest absolute Gasteiger partial charge is 0.493 e. The maximum Gasteiger partial charge on any atom is 0.227 e. The summed E-state index contributed by atoms with van der Waals surface area (Å²) in [6.45, 7) is 2.41. The molecule has 0 N–H and O–H groups in total. The Kier molecular flexibility index (Phi) is 7.09. The second-order valence-corrected chi connectivity index (χ2v) is 6.95.